The molecule has 2 aromatic rings. The Labute approximate surface area is 114 Å². The second-order valence-electron chi connectivity index (χ2n) is 6.13. The fourth-order valence-corrected chi connectivity index (χ4v) is 3.42. The summed E-state index contributed by atoms with van der Waals surface area (Å²) in [6.07, 6.45) is 7.03. The van der Waals surface area contributed by atoms with E-state index in [9.17, 15) is 0 Å². The molecule has 1 saturated carbocycles. The normalized spacial score (nSPS) is 18.9. The number of aromatic nitrogens is 2. The number of para-hydroxylation sites is 1. The largest absolute Gasteiger partial charge is 0.331 e. The van der Waals surface area contributed by atoms with Crippen LogP contribution in [0.1, 0.15) is 43.5 Å². The smallest absolute Gasteiger partial charge is 0.111 e. The van der Waals surface area contributed by atoms with Crippen LogP contribution in [0.2, 0.25) is 0 Å². The highest BCUT2D eigenvalue weighted by molar-refractivity contribution is 5.79. The molecule has 1 heterocycles. The highest BCUT2D eigenvalue weighted by Crippen LogP contribution is 2.30. The molecule has 1 aromatic heterocycles. The Kier molecular flexibility index (Phi) is 3.09. The lowest BCUT2D eigenvalue weighted by molar-refractivity contribution is 0.288. The number of hydrogen-bond acceptors (Lipinski definition) is 2. The zero-order chi connectivity index (χ0) is 13.5. The summed E-state index contributed by atoms with van der Waals surface area (Å²) in [5.41, 5.74) is 10.2. The lowest BCUT2D eigenvalue weighted by atomic mass is 9.80. The molecular formula is C16H23N3. The summed E-state index contributed by atoms with van der Waals surface area (Å²) in [6, 6.07) is 6.32. The van der Waals surface area contributed by atoms with Crippen LogP contribution in [0.5, 0.6) is 0 Å². The molecule has 0 amide bonds. The van der Waals surface area contributed by atoms with Crippen LogP contribution in [0.3, 0.4) is 0 Å². The molecule has 102 valence electrons. The van der Waals surface area contributed by atoms with Crippen LogP contribution in [-0.2, 0) is 13.5 Å². The number of imidazole rings is 1. The summed E-state index contributed by atoms with van der Waals surface area (Å²) >= 11 is 0. The number of hydrogen-bond donors (Lipinski definition) is 1. The molecule has 3 heteroatoms. The first kappa shape index (κ1) is 12.7. The van der Waals surface area contributed by atoms with Crippen LogP contribution in [0.15, 0.2) is 18.2 Å². The SMILES string of the molecule is Cc1cccc2nc(CC3(N)CCCCC3)n(C)c12. The van der Waals surface area contributed by atoms with E-state index in [1.165, 1.54) is 30.3 Å². The first-order valence-electron chi connectivity index (χ1n) is 7.29. The highest BCUT2D eigenvalue weighted by atomic mass is 15.1. The average Bonchev–Trinajstić information content (AvgIpc) is 2.68. The van der Waals surface area contributed by atoms with E-state index in [2.05, 4.69) is 36.7 Å². The molecule has 3 nitrogen and oxygen atoms in total. The molecule has 0 aliphatic heterocycles. The van der Waals surface area contributed by atoms with Crippen molar-refractivity contribution in [1.29, 1.82) is 0 Å². The molecule has 0 radical (unpaired) electrons. The van der Waals surface area contributed by atoms with Gasteiger partial charge in [0.05, 0.1) is 11.0 Å². The first-order chi connectivity index (χ1) is 9.09. The van der Waals surface area contributed by atoms with Crippen LogP contribution in [0.25, 0.3) is 11.0 Å². The van der Waals surface area contributed by atoms with Gasteiger partial charge in [-0.3, -0.25) is 0 Å². The van der Waals surface area contributed by atoms with E-state index >= 15 is 0 Å². The van der Waals surface area contributed by atoms with Gasteiger partial charge in [0.1, 0.15) is 5.82 Å². The predicted molar refractivity (Wildman–Crippen MR) is 79.2 cm³/mol. The minimum Gasteiger partial charge on any atom is -0.331 e. The Morgan fingerprint density at radius 1 is 1.26 bits per heavy atom. The van der Waals surface area contributed by atoms with Gasteiger partial charge >= 0.3 is 0 Å². The van der Waals surface area contributed by atoms with Crippen molar-refractivity contribution >= 4 is 11.0 Å². The molecule has 1 aliphatic carbocycles. The van der Waals surface area contributed by atoms with E-state index in [1.54, 1.807) is 0 Å². The summed E-state index contributed by atoms with van der Waals surface area (Å²) in [4.78, 5) is 4.80. The maximum atomic E-state index is 6.57. The fourth-order valence-electron chi connectivity index (χ4n) is 3.42. The van der Waals surface area contributed by atoms with Gasteiger partial charge in [-0.1, -0.05) is 31.4 Å². The number of nitrogens with two attached hydrogens (primary N) is 1. The van der Waals surface area contributed by atoms with Crippen molar-refractivity contribution in [3.8, 4) is 0 Å². The summed E-state index contributed by atoms with van der Waals surface area (Å²) < 4.78 is 2.23. The molecule has 3 rings (SSSR count). The Morgan fingerprint density at radius 2 is 2.00 bits per heavy atom. The van der Waals surface area contributed by atoms with Crippen molar-refractivity contribution < 1.29 is 0 Å². The van der Waals surface area contributed by atoms with Crippen molar-refractivity contribution in [2.24, 2.45) is 12.8 Å². The van der Waals surface area contributed by atoms with Crippen LogP contribution >= 0.6 is 0 Å². The lowest BCUT2D eigenvalue weighted by Crippen LogP contribution is -2.44. The van der Waals surface area contributed by atoms with E-state index in [0.29, 0.717) is 0 Å². The number of rotatable bonds is 2. The molecule has 0 spiro atoms. The number of fused-ring (bicyclic) bond motifs is 1. The molecular weight excluding hydrogens is 234 g/mol. The van der Waals surface area contributed by atoms with E-state index in [1.807, 2.05) is 0 Å². The zero-order valence-electron chi connectivity index (χ0n) is 11.9. The Hall–Kier alpha value is -1.35. The van der Waals surface area contributed by atoms with E-state index < -0.39 is 0 Å². The van der Waals surface area contributed by atoms with Gasteiger partial charge in [-0.2, -0.15) is 0 Å². The van der Waals surface area contributed by atoms with Crippen LogP contribution in [-0.4, -0.2) is 15.1 Å². The number of aryl methyl sites for hydroxylation is 2. The number of nitrogens with zero attached hydrogens (tertiary/aromatic N) is 2. The molecule has 0 unspecified atom stereocenters. The van der Waals surface area contributed by atoms with Crippen LogP contribution in [0.4, 0.5) is 0 Å². The maximum absolute atomic E-state index is 6.57. The second kappa shape index (κ2) is 4.64. The third-order valence-corrected chi connectivity index (χ3v) is 4.55. The number of benzene rings is 1. The minimum absolute atomic E-state index is 0.0404. The topological polar surface area (TPSA) is 43.8 Å². The van der Waals surface area contributed by atoms with Crippen molar-refractivity contribution in [3.05, 3.63) is 29.6 Å². The van der Waals surface area contributed by atoms with Gasteiger partial charge in [-0.05, 0) is 31.4 Å². The van der Waals surface area contributed by atoms with Gasteiger partial charge in [0, 0.05) is 19.0 Å². The quantitative estimate of drug-likeness (QED) is 0.898. The maximum Gasteiger partial charge on any atom is 0.111 e. The van der Waals surface area contributed by atoms with E-state index in [-0.39, 0.29) is 5.54 Å². The van der Waals surface area contributed by atoms with Crippen molar-refractivity contribution in [3.63, 3.8) is 0 Å². The van der Waals surface area contributed by atoms with Crippen molar-refractivity contribution in [2.45, 2.75) is 51.0 Å². The summed E-state index contributed by atoms with van der Waals surface area (Å²) in [7, 11) is 2.11. The van der Waals surface area contributed by atoms with Gasteiger partial charge < -0.3 is 10.3 Å². The third-order valence-electron chi connectivity index (χ3n) is 4.55. The lowest BCUT2D eigenvalue weighted by Gasteiger charge is -2.33. The highest BCUT2D eigenvalue weighted by Gasteiger charge is 2.29. The van der Waals surface area contributed by atoms with E-state index in [0.717, 1.165) is 30.6 Å². The monoisotopic (exact) mass is 257 g/mol. The Morgan fingerprint density at radius 3 is 2.68 bits per heavy atom. The predicted octanol–water partition coefficient (Wildman–Crippen LogP) is 3.09. The van der Waals surface area contributed by atoms with Crippen LogP contribution in [0, 0.1) is 6.92 Å². The standard InChI is InChI=1S/C16H23N3/c1-12-7-6-8-13-15(12)19(2)14(18-13)11-16(17)9-4-3-5-10-16/h6-8H,3-5,9-11,17H2,1-2H3. The summed E-state index contributed by atoms with van der Waals surface area (Å²) in [5.74, 6) is 1.13. The summed E-state index contributed by atoms with van der Waals surface area (Å²) in [5, 5.41) is 0. The van der Waals surface area contributed by atoms with Gasteiger partial charge in [-0.15, -0.1) is 0 Å². The molecule has 0 atom stereocenters. The van der Waals surface area contributed by atoms with Gasteiger partial charge in [0.25, 0.3) is 0 Å². The molecule has 2 N–H and O–H groups in total. The van der Waals surface area contributed by atoms with Gasteiger partial charge in [-0.25, -0.2) is 4.98 Å². The zero-order valence-corrected chi connectivity index (χ0v) is 11.9. The van der Waals surface area contributed by atoms with Crippen molar-refractivity contribution in [2.75, 3.05) is 0 Å². The van der Waals surface area contributed by atoms with Gasteiger partial charge in [0.2, 0.25) is 0 Å². The molecule has 1 fully saturated rings. The van der Waals surface area contributed by atoms with E-state index in [4.69, 9.17) is 10.7 Å². The van der Waals surface area contributed by atoms with Crippen LogP contribution < -0.4 is 5.73 Å². The second-order valence-corrected chi connectivity index (χ2v) is 6.13. The Bertz CT molecular complexity index is 591. The summed E-state index contributed by atoms with van der Waals surface area (Å²) in [6.45, 7) is 2.15. The molecule has 19 heavy (non-hydrogen) atoms. The van der Waals surface area contributed by atoms with Gasteiger partial charge in [0.15, 0.2) is 0 Å². The molecule has 0 bridgehead atoms. The minimum atomic E-state index is -0.0404. The first-order valence-corrected chi connectivity index (χ1v) is 7.29. The molecule has 1 aromatic carbocycles. The fraction of sp³-hybridized carbons (Fsp3) is 0.562. The average molecular weight is 257 g/mol. The molecule has 1 aliphatic rings. The third kappa shape index (κ3) is 2.27. The Balaban J connectivity index is 1.97. The van der Waals surface area contributed by atoms with Crippen molar-refractivity contribution in [1.82, 2.24) is 9.55 Å². The molecule has 0 saturated heterocycles.